The summed E-state index contributed by atoms with van der Waals surface area (Å²) in [5.41, 5.74) is 1.92. The highest BCUT2D eigenvalue weighted by molar-refractivity contribution is 5.65. The first kappa shape index (κ1) is 26.2. The Hall–Kier alpha value is -3.46. The molecule has 0 atom stereocenters. The van der Waals surface area contributed by atoms with Gasteiger partial charge in [-0.1, -0.05) is 36.4 Å². The smallest absolute Gasteiger partial charge is 0.416 e. The molecule has 0 saturated carbocycles. The number of methoxy groups -OCH3 is 2. The van der Waals surface area contributed by atoms with Crippen LogP contribution in [-0.4, -0.2) is 44.9 Å². The number of hydrogen-bond donors (Lipinski definition) is 0. The van der Waals surface area contributed by atoms with Gasteiger partial charge in [0.15, 0.2) is 0 Å². The molecule has 2 aliphatic rings. The molecule has 1 fully saturated rings. The zero-order chi connectivity index (χ0) is 26.9. The zero-order valence-electron chi connectivity index (χ0n) is 21.5. The third-order valence-electron chi connectivity index (χ3n) is 7.50. The van der Waals surface area contributed by atoms with E-state index in [1.165, 1.54) is 25.3 Å². The number of benzene rings is 3. The highest BCUT2D eigenvalue weighted by atomic mass is 19.4. The highest BCUT2D eigenvalue weighted by Crippen LogP contribution is 2.41. The van der Waals surface area contributed by atoms with Crippen molar-refractivity contribution in [1.82, 2.24) is 4.90 Å². The zero-order valence-corrected chi connectivity index (χ0v) is 21.5. The van der Waals surface area contributed by atoms with Crippen molar-refractivity contribution < 1.29 is 27.0 Å². The first-order valence-corrected chi connectivity index (χ1v) is 12.7. The van der Waals surface area contributed by atoms with Gasteiger partial charge in [0.2, 0.25) is 0 Å². The molecule has 2 aliphatic heterocycles. The molecule has 3 aromatic rings. The summed E-state index contributed by atoms with van der Waals surface area (Å²) in [6, 6.07) is 16.5. The van der Waals surface area contributed by atoms with Gasteiger partial charge in [0.1, 0.15) is 23.0 Å². The minimum Gasteiger partial charge on any atom is -0.495 e. The summed E-state index contributed by atoms with van der Waals surface area (Å²) in [5, 5.41) is 0. The average Bonchev–Trinajstić information content (AvgIpc) is 2.92. The quantitative estimate of drug-likeness (QED) is 0.349. The van der Waals surface area contributed by atoms with Crippen LogP contribution in [0.1, 0.15) is 29.5 Å². The molecule has 3 aromatic carbocycles. The van der Waals surface area contributed by atoms with Crippen LogP contribution in [-0.2, 0) is 19.3 Å². The van der Waals surface area contributed by atoms with E-state index in [9.17, 15) is 17.6 Å². The fourth-order valence-electron chi connectivity index (χ4n) is 5.71. The van der Waals surface area contributed by atoms with Crippen molar-refractivity contribution in [1.29, 1.82) is 0 Å². The predicted octanol–water partition coefficient (Wildman–Crippen LogP) is 6.31. The largest absolute Gasteiger partial charge is 0.495 e. The van der Waals surface area contributed by atoms with E-state index in [1.54, 1.807) is 25.3 Å². The maximum absolute atomic E-state index is 14.7. The lowest BCUT2D eigenvalue weighted by molar-refractivity contribution is -0.138. The Morgan fingerprint density at radius 2 is 1.50 bits per heavy atom. The number of anilines is 2. The Morgan fingerprint density at radius 3 is 2.18 bits per heavy atom. The number of halogens is 4. The molecule has 0 spiro atoms. The van der Waals surface area contributed by atoms with E-state index < -0.39 is 11.7 Å². The van der Waals surface area contributed by atoms with E-state index in [0.29, 0.717) is 43.5 Å². The number of hydrogen-bond acceptors (Lipinski definition) is 5. The van der Waals surface area contributed by atoms with Gasteiger partial charge in [0.05, 0.1) is 32.1 Å². The summed E-state index contributed by atoms with van der Waals surface area (Å²) < 4.78 is 67.0. The molecule has 0 aliphatic carbocycles. The fourth-order valence-corrected chi connectivity index (χ4v) is 5.71. The van der Waals surface area contributed by atoms with Crippen LogP contribution in [0.5, 0.6) is 11.5 Å². The molecule has 0 bridgehead atoms. The van der Waals surface area contributed by atoms with Gasteiger partial charge >= 0.3 is 6.18 Å². The Morgan fingerprint density at radius 1 is 0.842 bits per heavy atom. The first-order chi connectivity index (χ1) is 18.3. The van der Waals surface area contributed by atoms with Crippen LogP contribution in [0.4, 0.5) is 28.9 Å². The number of fused-ring (bicyclic) bond motifs is 1. The first-order valence-electron chi connectivity index (χ1n) is 12.7. The van der Waals surface area contributed by atoms with Crippen molar-refractivity contribution in [2.45, 2.75) is 38.1 Å². The SMILES string of the molecule is COc1cccc(F)c1N1CCC(N2Cc3cccc(OC)c3N(Cc3ccccc3C(F)(F)F)C2)CC1. The number of para-hydroxylation sites is 2. The third-order valence-corrected chi connectivity index (χ3v) is 7.50. The summed E-state index contributed by atoms with van der Waals surface area (Å²) in [6.07, 6.45) is -2.84. The number of ether oxygens (including phenoxy) is 2. The second-order valence-corrected chi connectivity index (χ2v) is 9.72. The van der Waals surface area contributed by atoms with Gasteiger partial charge in [-0.25, -0.2) is 4.39 Å². The van der Waals surface area contributed by atoms with Gasteiger partial charge in [-0.3, -0.25) is 4.90 Å². The van der Waals surface area contributed by atoms with Crippen molar-refractivity contribution >= 4 is 11.4 Å². The van der Waals surface area contributed by atoms with Crippen molar-refractivity contribution in [3.05, 3.63) is 83.2 Å². The van der Waals surface area contributed by atoms with E-state index in [0.717, 1.165) is 30.2 Å². The van der Waals surface area contributed by atoms with Gasteiger partial charge in [0.25, 0.3) is 0 Å². The maximum Gasteiger partial charge on any atom is 0.416 e. The number of alkyl halides is 3. The second kappa shape index (κ2) is 10.7. The molecule has 0 amide bonds. The van der Waals surface area contributed by atoms with Crippen LogP contribution in [0.2, 0.25) is 0 Å². The van der Waals surface area contributed by atoms with Crippen LogP contribution in [0.3, 0.4) is 0 Å². The van der Waals surface area contributed by atoms with Crippen LogP contribution in [0, 0.1) is 5.82 Å². The summed E-state index contributed by atoms with van der Waals surface area (Å²) in [6.45, 7) is 2.54. The molecule has 202 valence electrons. The monoisotopic (exact) mass is 529 g/mol. The van der Waals surface area contributed by atoms with E-state index in [4.69, 9.17) is 9.47 Å². The third kappa shape index (κ3) is 5.12. The summed E-state index contributed by atoms with van der Waals surface area (Å²) in [7, 11) is 3.12. The molecule has 0 radical (unpaired) electrons. The lowest BCUT2D eigenvalue weighted by atomic mass is 9.99. The Kier molecular flexibility index (Phi) is 7.38. The molecule has 38 heavy (non-hydrogen) atoms. The van der Waals surface area contributed by atoms with Crippen molar-refractivity contribution in [2.75, 3.05) is 43.8 Å². The Bertz CT molecular complexity index is 1270. The van der Waals surface area contributed by atoms with Crippen LogP contribution in [0.25, 0.3) is 0 Å². The number of nitrogens with zero attached hydrogens (tertiary/aromatic N) is 3. The number of piperidine rings is 1. The molecule has 2 heterocycles. The lowest BCUT2D eigenvalue weighted by Gasteiger charge is -2.45. The van der Waals surface area contributed by atoms with Crippen LogP contribution < -0.4 is 19.3 Å². The fraction of sp³-hybridized carbons (Fsp3) is 0.379. The summed E-state index contributed by atoms with van der Waals surface area (Å²) >= 11 is 0. The molecule has 5 nitrogen and oxygen atoms in total. The average molecular weight is 530 g/mol. The van der Waals surface area contributed by atoms with Gasteiger partial charge < -0.3 is 19.3 Å². The van der Waals surface area contributed by atoms with Crippen LogP contribution in [0.15, 0.2) is 60.7 Å². The summed E-state index contributed by atoms with van der Waals surface area (Å²) in [4.78, 5) is 6.31. The molecule has 1 saturated heterocycles. The van der Waals surface area contributed by atoms with Gasteiger partial charge in [-0.05, 0) is 48.2 Å². The van der Waals surface area contributed by atoms with Gasteiger partial charge in [0, 0.05) is 32.2 Å². The van der Waals surface area contributed by atoms with E-state index in [2.05, 4.69) is 4.90 Å². The van der Waals surface area contributed by atoms with Gasteiger partial charge in [-0.15, -0.1) is 0 Å². The van der Waals surface area contributed by atoms with E-state index in [-0.39, 0.29) is 24.0 Å². The molecule has 5 rings (SSSR count). The summed E-state index contributed by atoms with van der Waals surface area (Å²) in [5.74, 6) is 0.848. The molecule has 9 heteroatoms. The number of rotatable bonds is 6. The lowest BCUT2D eigenvalue weighted by Crippen LogP contribution is -2.51. The van der Waals surface area contributed by atoms with Crippen LogP contribution >= 0.6 is 0 Å². The maximum atomic E-state index is 14.7. The standard InChI is InChI=1S/C29H31F4N3O2/c1-37-25-11-5-8-21-18-35(19-36(27(21)25)17-20-7-3-4-9-23(20)29(31,32)33)22-13-15-34(16-14-22)28-24(30)10-6-12-26(28)38-2/h3-12,22H,13-19H2,1-2H3. The topological polar surface area (TPSA) is 28.2 Å². The van der Waals surface area contributed by atoms with Crippen molar-refractivity contribution in [3.63, 3.8) is 0 Å². The van der Waals surface area contributed by atoms with Crippen molar-refractivity contribution in [3.8, 4) is 11.5 Å². The highest BCUT2D eigenvalue weighted by Gasteiger charge is 2.36. The van der Waals surface area contributed by atoms with Gasteiger partial charge in [-0.2, -0.15) is 13.2 Å². The van der Waals surface area contributed by atoms with Crippen molar-refractivity contribution in [2.24, 2.45) is 0 Å². The normalized spacial score (nSPS) is 16.9. The van der Waals surface area contributed by atoms with E-state index in [1.807, 2.05) is 28.0 Å². The van der Waals surface area contributed by atoms with E-state index >= 15 is 0 Å². The Balaban J connectivity index is 1.39. The molecule has 0 unspecified atom stereocenters. The molecular formula is C29H31F4N3O2. The molecule has 0 N–H and O–H groups in total. The minimum absolute atomic E-state index is 0.102. The molecular weight excluding hydrogens is 498 g/mol. The molecule has 0 aromatic heterocycles. The predicted molar refractivity (Wildman–Crippen MR) is 139 cm³/mol. The second-order valence-electron chi connectivity index (χ2n) is 9.72. The minimum atomic E-state index is -4.43. The Labute approximate surface area is 220 Å².